The van der Waals surface area contributed by atoms with Gasteiger partial charge in [0.15, 0.2) is 0 Å². The van der Waals surface area contributed by atoms with Crippen molar-refractivity contribution < 1.29 is 25.5 Å². The summed E-state index contributed by atoms with van der Waals surface area (Å²) in [7, 11) is -5.10. The van der Waals surface area contributed by atoms with Crippen molar-refractivity contribution in [2.24, 2.45) is 0 Å². The molecule has 0 spiro atoms. The molecule has 84 valence electrons. The van der Waals surface area contributed by atoms with Gasteiger partial charge < -0.3 is 0 Å². The van der Waals surface area contributed by atoms with Gasteiger partial charge in [-0.25, -0.2) is 0 Å². The van der Waals surface area contributed by atoms with Gasteiger partial charge in [0.25, 0.3) is 0 Å². The quantitative estimate of drug-likeness (QED) is 0.560. The molecule has 0 atom stereocenters. The van der Waals surface area contributed by atoms with E-state index < -0.39 is 26.9 Å². The van der Waals surface area contributed by atoms with Crippen LogP contribution in [0.1, 0.15) is 11.1 Å². The molecule has 0 aliphatic rings. The topological polar surface area (TPSA) is 34.1 Å². The summed E-state index contributed by atoms with van der Waals surface area (Å²) >= 11 is 0. The first-order chi connectivity index (χ1) is 6.62. The van der Waals surface area contributed by atoms with Gasteiger partial charge >= 0.3 is 16.4 Å². The van der Waals surface area contributed by atoms with Crippen molar-refractivity contribution in [1.29, 1.82) is 0 Å². The first-order valence-electron chi connectivity index (χ1n) is 3.75. The first kappa shape index (κ1) is 12.0. The second kappa shape index (κ2) is 3.48. The number of aryl methyl sites for hydroxylation is 1. The maximum absolute atomic E-state index is 12.4. The van der Waals surface area contributed by atoms with Crippen LogP contribution in [-0.2, 0) is 16.4 Å². The molecule has 1 rings (SSSR count). The Morgan fingerprint density at radius 2 is 1.73 bits per heavy atom. The van der Waals surface area contributed by atoms with Gasteiger partial charge in [0.1, 0.15) is 0 Å². The predicted octanol–water partition coefficient (Wildman–Crippen LogP) is 2.67. The van der Waals surface area contributed by atoms with E-state index in [-0.39, 0.29) is 11.6 Å². The van der Waals surface area contributed by atoms with E-state index in [9.17, 15) is 25.5 Å². The zero-order chi connectivity index (χ0) is 11.9. The fraction of sp³-hybridized carbons (Fsp3) is 0.250. The molecule has 2 nitrogen and oxygen atoms in total. The van der Waals surface area contributed by atoms with Crippen LogP contribution in [0.15, 0.2) is 23.1 Å². The highest BCUT2D eigenvalue weighted by atomic mass is 32.3. The van der Waals surface area contributed by atoms with Gasteiger partial charge in [0.2, 0.25) is 0 Å². The lowest BCUT2D eigenvalue weighted by atomic mass is 10.1. The molecule has 0 amide bonds. The standard InChI is InChI=1S/C8H6F4O2S/c1-5-2-3-6(15(12,13)14)4-7(5)8(9,10)11/h2-4H,1H3. The summed E-state index contributed by atoms with van der Waals surface area (Å²) in [4.78, 5) is -0.986. The van der Waals surface area contributed by atoms with Crippen LogP contribution in [-0.4, -0.2) is 8.42 Å². The Hall–Kier alpha value is -1.11. The number of hydrogen-bond donors (Lipinski definition) is 0. The van der Waals surface area contributed by atoms with Gasteiger partial charge in [-0.05, 0) is 24.6 Å². The largest absolute Gasteiger partial charge is 0.416 e. The number of alkyl halides is 3. The molecule has 0 unspecified atom stereocenters. The molecule has 0 heterocycles. The SMILES string of the molecule is Cc1ccc(S(=O)(=O)F)cc1C(F)(F)F. The van der Waals surface area contributed by atoms with Gasteiger partial charge in [-0.3, -0.25) is 0 Å². The molecule has 0 N–H and O–H groups in total. The molecule has 0 aromatic heterocycles. The molecule has 1 aromatic rings. The highest BCUT2D eigenvalue weighted by Crippen LogP contribution is 2.33. The number of rotatable bonds is 1. The molecule has 0 bridgehead atoms. The van der Waals surface area contributed by atoms with Gasteiger partial charge in [0.05, 0.1) is 10.5 Å². The van der Waals surface area contributed by atoms with Crippen molar-refractivity contribution >= 4 is 10.2 Å². The van der Waals surface area contributed by atoms with E-state index in [0.717, 1.165) is 19.1 Å². The van der Waals surface area contributed by atoms with Crippen LogP contribution < -0.4 is 0 Å². The van der Waals surface area contributed by atoms with E-state index in [0.29, 0.717) is 0 Å². The average molecular weight is 242 g/mol. The molecular formula is C8H6F4O2S. The third-order valence-corrected chi connectivity index (χ3v) is 2.61. The lowest BCUT2D eigenvalue weighted by molar-refractivity contribution is -0.138. The van der Waals surface area contributed by atoms with Crippen LogP contribution in [0.2, 0.25) is 0 Å². The van der Waals surface area contributed by atoms with E-state index in [1.54, 1.807) is 0 Å². The summed E-state index contributed by atoms with van der Waals surface area (Å²) in [6.07, 6.45) is -4.69. The lowest BCUT2D eigenvalue weighted by Crippen LogP contribution is -2.08. The maximum Gasteiger partial charge on any atom is 0.416 e. The zero-order valence-corrected chi connectivity index (χ0v) is 8.29. The lowest BCUT2D eigenvalue weighted by Gasteiger charge is -2.10. The van der Waals surface area contributed by atoms with Crippen molar-refractivity contribution in [2.45, 2.75) is 18.0 Å². The second-order valence-corrected chi connectivity index (χ2v) is 4.26. The number of halogens is 4. The van der Waals surface area contributed by atoms with Gasteiger partial charge in [-0.15, -0.1) is 3.89 Å². The van der Waals surface area contributed by atoms with Crippen LogP contribution in [0.5, 0.6) is 0 Å². The number of hydrogen-bond acceptors (Lipinski definition) is 2. The Labute approximate surface area is 83.7 Å². The Bertz CT molecular complexity index is 476. The van der Waals surface area contributed by atoms with Crippen LogP contribution in [0.4, 0.5) is 17.1 Å². The van der Waals surface area contributed by atoms with Crippen LogP contribution in [0.25, 0.3) is 0 Å². The Morgan fingerprint density at radius 3 is 2.13 bits per heavy atom. The summed E-state index contributed by atoms with van der Waals surface area (Å²) in [5, 5.41) is 0. The van der Waals surface area contributed by atoms with Gasteiger partial charge in [-0.2, -0.15) is 21.6 Å². The predicted molar refractivity (Wildman–Crippen MR) is 44.5 cm³/mol. The van der Waals surface area contributed by atoms with Crippen molar-refractivity contribution in [1.82, 2.24) is 0 Å². The normalized spacial score (nSPS) is 12.9. The van der Waals surface area contributed by atoms with Crippen LogP contribution >= 0.6 is 0 Å². The third kappa shape index (κ3) is 2.68. The van der Waals surface area contributed by atoms with E-state index in [1.807, 2.05) is 0 Å². The van der Waals surface area contributed by atoms with Gasteiger partial charge in [-0.1, -0.05) is 6.07 Å². The van der Waals surface area contributed by atoms with E-state index in [1.165, 1.54) is 0 Å². The van der Waals surface area contributed by atoms with Crippen molar-refractivity contribution in [3.63, 3.8) is 0 Å². The molecule has 7 heteroatoms. The molecule has 0 aliphatic carbocycles. The van der Waals surface area contributed by atoms with Crippen LogP contribution in [0, 0.1) is 6.92 Å². The monoisotopic (exact) mass is 242 g/mol. The summed E-state index contributed by atoms with van der Waals surface area (Å²) in [6.45, 7) is 1.16. The Morgan fingerprint density at radius 1 is 1.20 bits per heavy atom. The number of benzene rings is 1. The Kier molecular flexibility index (Phi) is 2.77. The van der Waals surface area contributed by atoms with Crippen molar-refractivity contribution in [3.05, 3.63) is 29.3 Å². The minimum Gasteiger partial charge on any atom is -0.189 e. The van der Waals surface area contributed by atoms with Crippen molar-refractivity contribution in [2.75, 3.05) is 0 Å². The molecule has 0 aliphatic heterocycles. The fourth-order valence-corrected chi connectivity index (χ4v) is 1.55. The second-order valence-electron chi connectivity index (χ2n) is 2.91. The molecule has 0 saturated heterocycles. The first-order valence-corrected chi connectivity index (χ1v) is 5.13. The van der Waals surface area contributed by atoms with Gasteiger partial charge in [0, 0.05) is 0 Å². The van der Waals surface area contributed by atoms with E-state index in [4.69, 9.17) is 0 Å². The fourth-order valence-electron chi connectivity index (χ4n) is 1.06. The minimum atomic E-state index is -5.10. The molecule has 0 saturated carbocycles. The Balaban J connectivity index is 3.43. The summed E-state index contributed by atoms with van der Waals surface area (Å²) in [5.41, 5.74) is -1.31. The summed E-state index contributed by atoms with van der Waals surface area (Å²) in [5.74, 6) is 0. The maximum atomic E-state index is 12.4. The average Bonchev–Trinajstić information content (AvgIpc) is 2.00. The molecule has 0 fully saturated rings. The summed E-state index contributed by atoms with van der Waals surface area (Å²) in [6, 6.07) is 1.99. The molecule has 0 radical (unpaired) electrons. The molecule has 15 heavy (non-hydrogen) atoms. The highest BCUT2D eigenvalue weighted by molar-refractivity contribution is 7.86. The minimum absolute atomic E-state index is 0.157. The summed E-state index contributed by atoms with van der Waals surface area (Å²) < 4.78 is 70.1. The van der Waals surface area contributed by atoms with E-state index >= 15 is 0 Å². The smallest absolute Gasteiger partial charge is 0.189 e. The van der Waals surface area contributed by atoms with Crippen LogP contribution in [0.3, 0.4) is 0 Å². The molecular weight excluding hydrogens is 236 g/mol. The zero-order valence-electron chi connectivity index (χ0n) is 7.47. The third-order valence-electron chi connectivity index (χ3n) is 1.80. The molecule has 1 aromatic carbocycles. The van der Waals surface area contributed by atoms with E-state index in [2.05, 4.69) is 0 Å². The highest BCUT2D eigenvalue weighted by Gasteiger charge is 2.33. The van der Waals surface area contributed by atoms with Crippen molar-refractivity contribution in [3.8, 4) is 0 Å².